The number of nitro groups is 1. The van der Waals surface area contributed by atoms with Gasteiger partial charge in [-0.05, 0) is 55.0 Å². The van der Waals surface area contributed by atoms with E-state index in [4.69, 9.17) is 25.5 Å². The molecule has 44 heavy (non-hydrogen) atoms. The van der Waals surface area contributed by atoms with Crippen LogP contribution in [0.15, 0.2) is 92.2 Å². The number of benzene rings is 3. The molecule has 12 heteroatoms. The summed E-state index contributed by atoms with van der Waals surface area (Å²) in [5, 5.41) is 13.6. The average molecular weight is 630 g/mol. The number of ether oxygens (including phenoxy) is 2. The van der Waals surface area contributed by atoms with Crippen molar-refractivity contribution in [1.82, 2.24) is 4.57 Å². The molecule has 2 aromatic heterocycles. The number of furan rings is 1. The molecule has 1 atom stereocenters. The van der Waals surface area contributed by atoms with Crippen molar-refractivity contribution in [3.05, 3.63) is 124 Å². The summed E-state index contributed by atoms with van der Waals surface area (Å²) in [7, 11) is 1.54. The summed E-state index contributed by atoms with van der Waals surface area (Å²) in [5.41, 5.74) is 0.925. The average Bonchev–Trinajstić information content (AvgIpc) is 3.59. The fourth-order valence-corrected chi connectivity index (χ4v) is 6.56. The third-order valence-electron chi connectivity index (χ3n) is 7.26. The van der Waals surface area contributed by atoms with Crippen molar-refractivity contribution in [3.8, 4) is 17.1 Å². The molecule has 1 aliphatic rings. The number of nitrogens with zero attached hydrogens (tertiary/aromatic N) is 3. The molecule has 0 amide bonds. The lowest BCUT2D eigenvalue weighted by Crippen LogP contribution is -2.40. The Morgan fingerprint density at radius 1 is 1.18 bits per heavy atom. The zero-order valence-corrected chi connectivity index (χ0v) is 25.3. The second-order valence-corrected chi connectivity index (χ2v) is 11.3. The monoisotopic (exact) mass is 629 g/mol. The smallest absolute Gasteiger partial charge is 0.338 e. The Kier molecular flexibility index (Phi) is 7.66. The summed E-state index contributed by atoms with van der Waals surface area (Å²) in [6.07, 6.45) is 1.55. The lowest BCUT2D eigenvalue weighted by molar-refractivity contribution is -0.384. The number of methoxy groups -OCH3 is 1. The lowest BCUT2D eigenvalue weighted by Gasteiger charge is -2.27. The topological polar surface area (TPSA) is 126 Å². The number of nitro benzene ring substituents is 1. The first-order valence-corrected chi connectivity index (χ1v) is 14.7. The number of rotatable bonds is 7. The van der Waals surface area contributed by atoms with Crippen LogP contribution in [0.3, 0.4) is 0 Å². The highest BCUT2D eigenvalue weighted by Crippen LogP contribution is 2.40. The van der Waals surface area contributed by atoms with Gasteiger partial charge in [-0.2, -0.15) is 0 Å². The Hall–Kier alpha value is -5.00. The van der Waals surface area contributed by atoms with Crippen LogP contribution in [0.2, 0.25) is 5.02 Å². The molecule has 0 spiro atoms. The molecule has 0 radical (unpaired) electrons. The van der Waals surface area contributed by atoms with Gasteiger partial charge in [0.2, 0.25) is 0 Å². The number of carbonyl (C=O) groups is 1. The molecule has 0 N–H and O–H groups in total. The molecule has 0 unspecified atom stereocenters. The van der Waals surface area contributed by atoms with Gasteiger partial charge in [0, 0.05) is 22.7 Å². The predicted molar refractivity (Wildman–Crippen MR) is 167 cm³/mol. The molecule has 0 fully saturated rings. The molecule has 222 valence electrons. The standard InChI is InChI=1S/C32H24ClN3O7S/c1-4-42-31(38)27-17(2)34-32-35(29(27)28-21-8-6-5-7-18(21)9-13-25(28)41-3)30(37)26(44-32)16-20-11-14-24(43-20)22-12-10-19(33)15-23(22)36(39)40/h5-16,29H,4H2,1-3H3/b26-16+/t29-/m1/s1. The SMILES string of the molecule is CCOC(=O)C1=C(C)N=c2s/c(=C/c3ccc(-c4ccc(Cl)cc4[N+](=O)[O-])o3)c(=O)n2[C@H]1c1c(OC)ccc2ccccc12. The molecule has 5 aromatic rings. The molecular formula is C32H24ClN3O7S. The summed E-state index contributed by atoms with van der Waals surface area (Å²) >= 11 is 7.10. The van der Waals surface area contributed by atoms with Crippen molar-refractivity contribution < 1.29 is 23.6 Å². The van der Waals surface area contributed by atoms with Gasteiger partial charge in [-0.1, -0.05) is 53.3 Å². The number of hydrogen-bond donors (Lipinski definition) is 0. The number of esters is 1. The number of fused-ring (bicyclic) bond motifs is 2. The van der Waals surface area contributed by atoms with E-state index < -0.39 is 22.5 Å². The van der Waals surface area contributed by atoms with E-state index in [-0.39, 0.29) is 38.7 Å². The van der Waals surface area contributed by atoms with Crippen LogP contribution in [0.4, 0.5) is 5.69 Å². The summed E-state index contributed by atoms with van der Waals surface area (Å²) in [6, 6.07) is 18.0. The zero-order valence-electron chi connectivity index (χ0n) is 23.7. The molecule has 10 nitrogen and oxygen atoms in total. The van der Waals surface area contributed by atoms with Crippen LogP contribution in [0.1, 0.15) is 31.2 Å². The first-order chi connectivity index (χ1) is 21.2. The Morgan fingerprint density at radius 2 is 1.98 bits per heavy atom. The van der Waals surface area contributed by atoms with E-state index >= 15 is 0 Å². The zero-order chi connectivity index (χ0) is 31.1. The van der Waals surface area contributed by atoms with E-state index in [1.807, 2.05) is 36.4 Å². The Balaban J connectivity index is 1.56. The normalized spacial score (nSPS) is 14.8. The van der Waals surface area contributed by atoms with E-state index in [2.05, 4.69) is 4.99 Å². The number of allylic oxidation sites excluding steroid dienone is 1. The van der Waals surface area contributed by atoms with Crippen molar-refractivity contribution in [2.24, 2.45) is 4.99 Å². The van der Waals surface area contributed by atoms with Crippen LogP contribution in [0, 0.1) is 10.1 Å². The van der Waals surface area contributed by atoms with Gasteiger partial charge in [-0.3, -0.25) is 19.5 Å². The maximum atomic E-state index is 14.1. The van der Waals surface area contributed by atoms with Crippen LogP contribution in [0.25, 0.3) is 28.2 Å². The maximum absolute atomic E-state index is 14.1. The van der Waals surface area contributed by atoms with Gasteiger partial charge in [0.1, 0.15) is 23.3 Å². The van der Waals surface area contributed by atoms with Gasteiger partial charge in [0.25, 0.3) is 11.2 Å². The highest BCUT2D eigenvalue weighted by Gasteiger charge is 2.36. The Morgan fingerprint density at radius 3 is 2.73 bits per heavy atom. The summed E-state index contributed by atoms with van der Waals surface area (Å²) in [6.45, 7) is 3.57. The van der Waals surface area contributed by atoms with Crippen LogP contribution >= 0.6 is 22.9 Å². The van der Waals surface area contributed by atoms with Crippen LogP contribution in [-0.2, 0) is 9.53 Å². The summed E-state index contributed by atoms with van der Waals surface area (Å²) in [5.74, 6) is 0.463. The minimum Gasteiger partial charge on any atom is -0.496 e. The largest absolute Gasteiger partial charge is 0.496 e. The molecule has 0 saturated carbocycles. The maximum Gasteiger partial charge on any atom is 0.338 e. The Bertz CT molecular complexity index is 2200. The fraction of sp³-hybridized carbons (Fsp3) is 0.156. The van der Waals surface area contributed by atoms with Gasteiger partial charge in [0.05, 0.1) is 40.0 Å². The predicted octanol–water partition coefficient (Wildman–Crippen LogP) is 5.78. The van der Waals surface area contributed by atoms with Crippen molar-refractivity contribution >= 4 is 51.4 Å². The molecule has 3 aromatic carbocycles. The second-order valence-electron chi connectivity index (χ2n) is 9.83. The van der Waals surface area contributed by atoms with E-state index in [0.717, 1.165) is 22.1 Å². The summed E-state index contributed by atoms with van der Waals surface area (Å²) in [4.78, 5) is 43.7. The van der Waals surface area contributed by atoms with Crippen LogP contribution in [0.5, 0.6) is 5.75 Å². The highest BCUT2D eigenvalue weighted by molar-refractivity contribution is 7.07. The van der Waals surface area contributed by atoms with E-state index in [9.17, 15) is 19.7 Å². The number of thiazole rings is 1. The van der Waals surface area contributed by atoms with Crippen molar-refractivity contribution in [2.75, 3.05) is 13.7 Å². The van der Waals surface area contributed by atoms with Crippen molar-refractivity contribution in [3.63, 3.8) is 0 Å². The van der Waals surface area contributed by atoms with E-state index in [0.29, 0.717) is 27.6 Å². The van der Waals surface area contributed by atoms with Gasteiger partial charge >= 0.3 is 5.97 Å². The highest BCUT2D eigenvalue weighted by atomic mass is 35.5. The van der Waals surface area contributed by atoms with Gasteiger partial charge in [0.15, 0.2) is 4.80 Å². The lowest BCUT2D eigenvalue weighted by atomic mass is 9.90. The molecule has 0 saturated heterocycles. The van der Waals surface area contributed by atoms with Crippen molar-refractivity contribution in [1.29, 1.82) is 0 Å². The van der Waals surface area contributed by atoms with E-state index in [1.165, 1.54) is 29.9 Å². The fourth-order valence-electron chi connectivity index (χ4n) is 5.37. The number of aromatic nitrogens is 1. The number of hydrogen-bond acceptors (Lipinski definition) is 9. The number of halogens is 1. The quantitative estimate of drug-likeness (QED) is 0.127. The molecule has 1 aliphatic heterocycles. The van der Waals surface area contributed by atoms with Gasteiger partial charge in [-0.25, -0.2) is 9.79 Å². The number of carbonyl (C=O) groups excluding carboxylic acids is 1. The van der Waals surface area contributed by atoms with Gasteiger partial charge in [-0.15, -0.1) is 0 Å². The molecule has 0 aliphatic carbocycles. The first kappa shape index (κ1) is 29.1. The van der Waals surface area contributed by atoms with E-state index in [1.54, 1.807) is 32.1 Å². The second kappa shape index (κ2) is 11.6. The van der Waals surface area contributed by atoms with Crippen molar-refractivity contribution in [2.45, 2.75) is 19.9 Å². The third kappa shape index (κ3) is 4.99. The Labute approximate surface area is 258 Å². The third-order valence-corrected chi connectivity index (χ3v) is 8.48. The van der Waals surface area contributed by atoms with Crippen LogP contribution in [-0.4, -0.2) is 29.2 Å². The molecule has 6 rings (SSSR count). The van der Waals surface area contributed by atoms with Gasteiger partial charge < -0.3 is 13.9 Å². The van der Waals surface area contributed by atoms with Crippen LogP contribution < -0.4 is 19.6 Å². The first-order valence-electron chi connectivity index (χ1n) is 13.5. The minimum absolute atomic E-state index is 0.145. The molecule has 0 bridgehead atoms. The molecule has 3 heterocycles. The summed E-state index contributed by atoms with van der Waals surface area (Å²) < 4.78 is 18.9. The minimum atomic E-state index is -0.891. The molecular weight excluding hydrogens is 606 g/mol.